The van der Waals surface area contributed by atoms with Crippen molar-refractivity contribution < 1.29 is 26.0 Å². The summed E-state index contributed by atoms with van der Waals surface area (Å²) < 4.78 is 75.4. The third-order valence-corrected chi connectivity index (χ3v) is 6.28. The Kier molecular flexibility index (Phi) is 6.98. The molecule has 4 aromatic rings. The van der Waals surface area contributed by atoms with Gasteiger partial charge in [0.05, 0.1) is 16.2 Å². The topological polar surface area (TPSA) is 123 Å². The molecule has 0 fully saturated rings. The smallest absolute Gasteiger partial charge is 0.359 e. The summed E-state index contributed by atoms with van der Waals surface area (Å²) in [5, 5.41) is 10.2. The van der Waals surface area contributed by atoms with Crippen LogP contribution in [0.1, 0.15) is 5.56 Å². The summed E-state index contributed by atoms with van der Waals surface area (Å²) in [6.45, 7) is -1.35. The Hall–Kier alpha value is -3.55. The molecular formula is C22H17ClF4N6O2S. The van der Waals surface area contributed by atoms with Gasteiger partial charge < -0.3 is 10.6 Å². The third-order valence-electron chi connectivity index (χ3n) is 4.89. The van der Waals surface area contributed by atoms with E-state index in [1.807, 2.05) is 0 Å². The number of hydrogen-bond acceptors (Lipinski definition) is 7. The predicted molar refractivity (Wildman–Crippen MR) is 127 cm³/mol. The highest BCUT2D eigenvalue weighted by atomic mass is 35.5. The SMILES string of the molecule is NS(=O)(=O)c1cc(CNc2nc(NCC(F)(F)F)c3nc(-c4ccc(F)cc4)ccc3n2)ccc1Cl. The number of halogens is 5. The van der Waals surface area contributed by atoms with Crippen molar-refractivity contribution >= 4 is 44.4 Å². The second kappa shape index (κ2) is 9.84. The summed E-state index contributed by atoms with van der Waals surface area (Å²) in [5.41, 5.74) is 1.72. The van der Waals surface area contributed by atoms with E-state index in [0.29, 0.717) is 16.8 Å². The van der Waals surface area contributed by atoms with Crippen LogP contribution in [0.3, 0.4) is 0 Å². The normalized spacial score (nSPS) is 12.1. The highest BCUT2D eigenvalue weighted by Crippen LogP contribution is 2.27. The molecule has 0 aliphatic rings. The van der Waals surface area contributed by atoms with Crippen LogP contribution in [-0.2, 0) is 16.6 Å². The molecule has 0 atom stereocenters. The van der Waals surface area contributed by atoms with Crippen molar-refractivity contribution in [1.82, 2.24) is 15.0 Å². The molecule has 36 heavy (non-hydrogen) atoms. The van der Waals surface area contributed by atoms with Gasteiger partial charge in [-0.2, -0.15) is 18.2 Å². The van der Waals surface area contributed by atoms with Crippen LogP contribution in [0.5, 0.6) is 0 Å². The van der Waals surface area contributed by atoms with Crippen molar-refractivity contribution in [3.63, 3.8) is 0 Å². The zero-order valence-corrected chi connectivity index (χ0v) is 19.7. The highest BCUT2D eigenvalue weighted by molar-refractivity contribution is 7.89. The molecule has 0 spiro atoms. The van der Waals surface area contributed by atoms with Crippen molar-refractivity contribution in [2.45, 2.75) is 17.6 Å². The number of nitrogens with one attached hydrogen (secondary N) is 2. The standard InChI is InChI=1S/C22H17ClF4N6O2S/c23-15-6-1-12(9-18(15)36(28,34)35)10-29-21-32-17-8-7-16(13-2-4-14(24)5-3-13)31-19(17)20(33-21)30-11-22(25,26)27/h1-9H,10-11H2,(H2,28,34,35)(H2,29,30,32,33). The fraction of sp³-hybridized carbons (Fsp3) is 0.136. The Morgan fingerprint density at radius 3 is 2.33 bits per heavy atom. The molecule has 0 radical (unpaired) electrons. The number of pyridine rings is 1. The lowest BCUT2D eigenvalue weighted by molar-refractivity contribution is -0.115. The van der Waals surface area contributed by atoms with Gasteiger partial charge in [-0.05, 0) is 54.1 Å². The lowest BCUT2D eigenvalue weighted by atomic mass is 10.1. The maximum Gasteiger partial charge on any atom is 0.405 e. The molecule has 2 heterocycles. The Morgan fingerprint density at radius 1 is 0.944 bits per heavy atom. The molecule has 0 aliphatic heterocycles. The molecule has 0 saturated heterocycles. The maximum absolute atomic E-state index is 13.3. The zero-order chi connectivity index (χ0) is 26.1. The van der Waals surface area contributed by atoms with E-state index in [-0.39, 0.29) is 39.3 Å². The molecule has 2 aromatic heterocycles. The van der Waals surface area contributed by atoms with Crippen molar-refractivity contribution in [2.75, 3.05) is 17.2 Å². The van der Waals surface area contributed by atoms with Crippen LogP contribution in [0, 0.1) is 5.82 Å². The second-order valence-corrected chi connectivity index (χ2v) is 9.54. The van der Waals surface area contributed by atoms with Gasteiger partial charge in [-0.15, -0.1) is 0 Å². The number of aromatic nitrogens is 3. The molecule has 0 unspecified atom stereocenters. The molecule has 0 aliphatic carbocycles. The fourth-order valence-electron chi connectivity index (χ4n) is 3.24. The van der Waals surface area contributed by atoms with Gasteiger partial charge in [-0.25, -0.2) is 27.9 Å². The van der Waals surface area contributed by atoms with E-state index in [1.54, 1.807) is 18.2 Å². The summed E-state index contributed by atoms with van der Waals surface area (Å²) in [7, 11) is -4.06. The average molecular weight is 541 g/mol. The summed E-state index contributed by atoms with van der Waals surface area (Å²) in [6.07, 6.45) is -4.52. The molecule has 8 nitrogen and oxygen atoms in total. The minimum Gasteiger partial charge on any atom is -0.359 e. The molecular weight excluding hydrogens is 524 g/mol. The van der Waals surface area contributed by atoms with Crippen LogP contribution in [0.25, 0.3) is 22.3 Å². The Balaban J connectivity index is 1.68. The quantitative estimate of drug-likeness (QED) is 0.290. The Bertz CT molecular complexity index is 1530. The number of benzene rings is 2. The third kappa shape index (κ3) is 6.17. The van der Waals surface area contributed by atoms with Crippen LogP contribution in [-0.4, -0.2) is 36.1 Å². The number of sulfonamides is 1. The lowest BCUT2D eigenvalue weighted by Crippen LogP contribution is -2.22. The number of nitrogens with zero attached hydrogens (tertiary/aromatic N) is 3. The summed E-state index contributed by atoms with van der Waals surface area (Å²) in [6, 6.07) is 12.8. The first kappa shape index (κ1) is 25.5. The number of nitrogens with two attached hydrogens (primary N) is 1. The monoisotopic (exact) mass is 540 g/mol. The first-order chi connectivity index (χ1) is 16.9. The zero-order valence-electron chi connectivity index (χ0n) is 18.1. The first-order valence-electron chi connectivity index (χ1n) is 10.2. The van der Waals surface area contributed by atoms with Crippen LogP contribution in [0.4, 0.5) is 29.3 Å². The van der Waals surface area contributed by atoms with Crippen LogP contribution in [0.2, 0.25) is 5.02 Å². The predicted octanol–water partition coefficient (Wildman–Crippen LogP) is 4.72. The average Bonchev–Trinajstić information content (AvgIpc) is 2.81. The van der Waals surface area contributed by atoms with Crippen molar-refractivity contribution in [1.29, 1.82) is 0 Å². The van der Waals surface area contributed by atoms with Gasteiger partial charge in [0.15, 0.2) is 5.82 Å². The van der Waals surface area contributed by atoms with Gasteiger partial charge in [0.1, 0.15) is 22.8 Å². The summed E-state index contributed by atoms with van der Waals surface area (Å²) in [4.78, 5) is 12.5. The number of hydrogen-bond donors (Lipinski definition) is 3. The molecule has 0 amide bonds. The van der Waals surface area contributed by atoms with Crippen molar-refractivity contribution in [3.8, 4) is 11.3 Å². The largest absolute Gasteiger partial charge is 0.405 e. The van der Waals surface area contributed by atoms with Gasteiger partial charge in [-0.3, -0.25) is 0 Å². The molecule has 4 N–H and O–H groups in total. The van der Waals surface area contributed by atoms with E-state index in [1.165, 1.54) is 36.4 Å². The fourth-order valence-corrected chi connectivity index (χ4v) is 4.33. The van der Waals surface area contributed by atoms with Crippen LogP contribution in [0.15, 0.2) is 59.5 Å². The Labute approximate surface area is 207 Å². The minimum absolute atomic E-state index is 0.0188. The van der Waals surface area contributed by atoms with E-state index in [0.717, 1.165) is 0 Å². The number of rotatable bonds is 7. The van der Waals surface area contributed by atoms with E-state index in [4.69, 9.17) is 16.7 Å². The molecule has 2 aromatic carbocycles. The second-order valence-electron chi connectivity index (χ2n) is 7.60. The molecule has 14 heteroatoms. The van der Waals surface area contributed by atoms with Gasteiger partial charge in [0.25, 0.3) is 0 Å². The van der Waals surface area contributed by atoms with Crippen molar-refractivity contribution in [3.05, 3.63) is 71.0 Å². The molecule has 188 valence electrons. The summed E-state index contributed by atoms with van der Waals surface area (Å²) >= 11 is 5.89. The van der Waals surface area contributed by atoms with E-state index < -0.39 is 28.6 Å². The van der Waals surface area contributed by atoms with E-state index in [9.17, 15) is 26.0 Å². The van der Waals surface area contributed by atoms with Crippen LogP contribution >= 0.6 is 11.6 Å². The highest BCUT2D eigenvalue weighted by Gasteiger charge is 2.27. The number of alkyl halides is 3. The molecule has 0 saturated carbocycles. The number of primary sulfonamides is 1. The van der Waals surface area contributed by atoms with Crippen LogP contribution < -0.4 is 15.8 Å². The number of anilines is 2. The van der Waals surface area contributed by atoms with Gasteiger partial charge in [0.2, 0.25) is 16.0 Å². The van der Waals surface area contributed by atoms with Gasteiger partial charge in [0, 0.05) is 12.1 Å². The van der Waals surface area contributed by atoms with Crippen molar-refractivity contribution in [2.24, 2.45) is 5.14 Å². The lowest BCUT2D eigenvalue weighted by Gasteiger charge is -2.14. The van der Waals surface area contributed by atoms with Gasteiger partial charge in [-0.1, -0.05) is 17.7 Å². The van der Waals surface area contributed by atoms with E-state index >= 15 is 0 Å². The minimum atomic E-state index is -4.52. The maximum atomic E-state index is 13.3. The van der Waals surface area contributed by atoms with E-state index in [2.05, 4.69) is 25.6 Å². The Morgan fingerprint density at radius 2 is 1.67 bits per heavy atom. The van der Waals surface area contributed by atoms with Gasteiger partial charge >= 0.3 is 6.18 Å². The molecule has 0 bridgehead atoms. The number of fused-ring (bicyclic) bond motifs is 1. The first-order valence-corrected chi connectivity index (χ1v) is 12.1. The molecule has 4 rings (SSSR count). The summed E-state index contributed by atoms with van der Waals surface area (Å²) in [5.74, 6) is -0.649.